The Morgan fingerprint density at radius 1 is 1.30 bits per heavy atom. The van der Waals surface area contributed by atoms with Crippen molar-refractivity contribution in [1.29, 1.82) is 0 Å². The van der Waals surface area contributed by atoms with Gasteiger partial charge in [0.15, 0.2) is 0 Å². The molecular formula is C16H21NO3. The van der Waals surface area contributed by atoms with E-state index in [4.69, 9.17) is 4.74 Å². The van der Waals surface area contributed by atoms with Crippen LogP contribution < -0.4 is 0 Å². The third-order valence-electron chi connectivity index (χ3n) is 3.50. The Labute approximate surface area is 119 Å². The Balaban J connectivity index is 1.62. The first-order valence-corrected chi connectivity index (χ1v) is 7.19. The topological polar surface area (TPSA) is 46.6 Å². The lowest BCUT2D eigenvalue weighted by Gasteiger charge is -2.10. The molecule has 1 aliphatic heterocycles. The highest BCUT2D eigenvalue weighted by atomic mass is 16.6. The van der Waals surface area contributed by atoms with Crippen LogP contribution in [0, 0.1) is 6.92 Å². The predicted molar refractivity (Wildman–Crippen MR) is 76.4 cm³/mol. The number of unbranched alkanes of at least 4 members (excludes halogenated alkanes) is 2. The molecule has 0 aliphatic carbocycles. The summed E-state index contributed by atoms with van der Waals surface area (Å²) in [6.07, 6.45) is 3.89. The van der Waals surface area contributed by atoms with Crippen molar-refractivity contribution >= 4 is 12.0 Å². The second kappa shape index (κ2) is 7.08. The lowest BCUT2D eigenvalue weighted by Crippen LogP contribution is -2.31. The number of imide groups is 1. The van der Waals surface area contributed by atoms with Crippen LogP contribution in [0.25, 0.3) is 0 Å². The van der Waals surface area contributed by atoms with Gasteiger partial charge in [0.05, 0.1) is 6.54 Å². The van der Waals surface area contributed by atoms with E-state index in [1.54, 1.807) is 0 Å². The second-order valence-corrected chi connectivity index (χ2v) is 5.21. The van der Waals surface area contributed by atoms with Crippen LogP contribution in [0.5, 0.6) is 0 Å². The summed E-state index contributed by atoms with van der Waals surface area (Å²) in [5, 5.41) is 0. The largest absolute Gasteiger partial charge is 0.447 e. The third-order valence-corrected chi connectivity index (χ3v) is 3.50. The maximum atomic E-state index is 11.8. The fourth-order valence-electron chi connectivity index (χ4n) is 2.40. The molecule has 4 nitrogen and oxygen atoms in total. The molecule has 0 atom stereocenters. The summed E-state index contributed by atoms with van der Waals surface area (Å²) in [5.74, 6) is -0.108. The van der Waals surface area contributed by atoms with Crippen LogP contribution in [0.2, 0.25) is 0 Å². The molecule has 20 heavy (non-hydrogen) atoms. The van der Waals surface area contributed by atoms with Gasteiger partial charge in [-0.3, -0.25) is 4.79 Å². The quantitative estimate of drug-likeness (QED) is 0.749. The Hall–Kier alpha value is -1.84. The van der Waals surface area contributed by atoms with E-state index in [1.165, 1.54) is 16.0 Å². The number of hydrogen-bond donors (Lipinski definition) is 0. The zero-order valence-electron chi connectivity index (χ0n) is 11.9. The van der Waals surface area contributed by atoms with E-state index >= 15 is 0 Å². The third kappa shape index (κ3) is 4.08. The van der Waals surface area contributed by atoms with Crippen LogP contribution in [0.3, 0.4) is 0 Å². The molecule has 1 heterocycles. The molecule has 1 aromatic carbocycles. The molecule has 0 unspecified atom stereocenters. The molecule has 0 N–H and O–H groups in total. The molecule has 1 aliphatic rings. The Bertz CT molecular complexity index is 484. The van der Waals surface area contributed by atoms with Gasteiger partial charge in [0.2, 0.25) is 5.91 Å². The number of carbonyl (C=O) groups excluding carboxylic acids is 2. The van der Waals surface area contributed by atoms with Crippen molar-refractivity contribution in [3.8, 4) is 0 Å². The molecule has 1 fully saturated rings. The fraction of sp³-hybridized carbons (Fsp3) is 0.500. The van der Waals surface area contributed by atoms with Crippen molar-refractivity contribution in [3.63, 3.8) is 0 Å². The summed E-state index contributed by atoms with van der Waals surface area (Å²) < 4.78 is 4.75. The maximum absolute atomic E-state index is 11.8. The van der Waals surface area contributed by atoms with Crippen LogP contribution in [0.4, 0.5) is 4.79 Å². The van der Waals surface area contributed by atoms with Crippen LogP contribution >= 0.6 is 0 Å². The number of carbonyl (C=O) groups is 2. The summed E-state index contributed by atoms with van der Waals surface area (Å²) in [7, 11) is 0. The SMILES string of the molecule is Cc1cccc(CCCCCC(=O)N2CCOC2=O)c1. The smallest absolute Gasteiger partial charge is 0.416 e. The van der Waals surface area contributed by atoms with Gasteiger partial charge in [-0.25, -0.2) is 9.69 Å². The molecule has 1 saturated heterocycles. The molecule has 2 rings (SSSR count). The number of aryl methyl sites for hydroxylation is 2. The molecule has 0 radical (unpaired) electrons. The minimum atomic E-state index is -0.491. The zero-order chi connectivity index (χ0) is 14.4. The lowest BCUT2D eigenvalue weighted by molar-refractivity contribution is -0.127. The second-order valence-electron chi connectivity index (χ2n) is 5.21. The first kappa shape index (κ1) is 14.6. The molecule has 0 aromatic heterocycles. The molecule has 108 valence electrons. The number of nitrogens with zero attached hydrogens (tertiary/aromatic N) is 1. The lowest BCUT2D eigenvalue weighted by atomic mass is 10.0. The van der Waals surface area contributed by atoms with Crippen molar-refractivity contribution in [2.45, 2.75) is 39.0 Å². The van der Waals surface area contributed by atoms with Gasteiger partial charge in [0.25, 0.3) is 0 Å². The molecule has 1 aromatic rings. The zero-order valence-corrected chi connectivity index (χ0v) is 11.9. The van der Waals surface area contributed by atoms with Gasteiger partial charge < -0.3 is 4.74 Å². The van der Waals surface area contributed by atoms with Crippen LogP contribution in [0.1, 0.15) is 36.8 Å². The number of cyclic esters (lactones) is 1. The van der Waals surface area contributed by atoms with Crippen LogP contribution in [-0.2, 0) is 16.0 Å². The van der Waals surface area contributed by atoms with E-state index in [2.05, 4.69) is 31.2 Å². The van der Waals surface area contributed by atoms with E-state index in [1.807, 2.05) is 0 Å². The molecular weight excluding hydrogens is 254 g/mol. The first-order valence-electron chi connectivity index (χ1n) is 7.19. The average Bonchev–Trinajstić information content (AvgIpc) is 2.84. The minimum Gasteiger partial charge on any atom is -0.447 e. The van der Waals surface area contributed by atoms with Gasteiger partial charge in [-0.1, -0.05) is 36.2 Å². The normalized spacial score (nSPS) is 14.4. The molecule has 0 saturated carbocycles. The van der Waals surface area contributed by atoms with Crippen molar-refractivity contribution in [2.75, 3.05) is 13.2 Å². The van der Waals surface area contributed by atoms with Crippen LogP contribution in [-0.4, -0.2) is 30.1 Å². The molecule has 0 spiro atoms. The Kier molecular flexibility index (Phi) is 5.16. The Morgan fingerprint density at radius 3 is 2.85 bits per heavy atom. The minimum absolute atomic E-state index is 0.108. The summed E-state index contributed by atoms with van der Waals surface area (Å²) in [6, 6.07) is 8.51. The number of ether oxygens (including phenoxy) is 1. The molecule has 2 amide bonds. The monoisotopic (exact) mass is 275 g/mol. The maximum Gasteiger partial charge on any atom is 0.416 e. The van der Waals surface area contributed by atoms with E-state index < -0.39 is 6.09 Å². The number of benzene rings is 1. The summed E-state index contributed by atoms with van der Waals surface area (Å²) in [4.78, 5) is 24.2. The highest BCUT2D eigenvalue weighted by molar-refractivity contribution is 5.92. The van der Waals surface area contributed by atoms with Gasteiger partial charge in [-0.15, -0.1) is 0 Å². The van der Waals surface area contributed by atoms with Gasteiger partial charge in [-0.2, -0.15) is 0 Å². The van der Waals surface area contributed by atoms with E-state index in [0.29, 0.717) is 19.6 Å². The Morgan fingerprint density at radius 2 is 2.15 bits per heavy atom. The van der Waals surface area contributed by atoms with Crippen molar-refractivity contribution in [1.82, 2.24) is 4.90 Å². The van der Waals surface area contributed by atoms with Gasteiger partial charge in [-0.05, 0) is 31.7 Å². The number of hydrogen-bond acceptors (Lipinski definition) is 3. The summed E-state index contributed by atoms with van der Waals surface area (Å²) in [6.45, 7) is 2.83. The average molecular weight is 275 g/mol. The van der Waals surface area contributed by atoms with Crippen LogP contribution in [0.15, 0.2) is 24.3 Å². The highest BCUT2D eigenvalue weighted by Crippen LogP contribution is 2.12. The van der Waals surface area contributed by atoms with Crippen molar-refractivity contribution < 1.29 is 14.3 Å². The highest BCUT2D eigenvalue weighted by Gasteiger charge is 2.27. The predicted octanol–water partition coefficient (Wildman–Crippen LogP) is 3.08. The van der Waals surface area contributed by atoms with Gasteiger partial charge >= 0.3 is 6.09 Å². The standard InChI is InChI=1S/C16H21NO3/c1-13-6-5-8-14(12-13)7-3-2-4-9-15(18)17-10-11-20-16(17)19/h5-6,8,12H,2-4,7,9-11H2,1H3. The summed E-state index contributed by atoms with van der Waals surface area (Å²) >= 11 is 0. The van der Waals surface area contributed by atoms with Gasteiger partial charge in [0, 0.05) is 6.42 Å². The van der Waals surface area contributed by atoms with E-state index in [-0.39, 0.29) is 5.91 Å². The van der Waals surface area contributed by atoms with Crippen molar-refractivity contribution in [2.24, 2.45) is 0 Å². The molecule has 0 bridgehead atoms. The van der Waals surface area contributed by atoms with E-state index in [0.717, 1.165) is 25.7 Å². The van der Waals surface area contributed by atoms with Crippen molar-refractivity contribution in [3.05, 3.63) is 35.4 Å². The molecule has 4 heteroatoms. The van der Waals surface area contributed by atoms with Gasteiger partial charge in [0.1, 0.15) is 6.61 Å². The number of rotatable bonds is 6. The summed E-state index contributed by atoms with van der Waals surface area (Å²) in [5.41, 5.74) is 2.63. The fourth-order valence-corrected chi connectivity index (χ4v) is 2.40. The first-order chi connectivity index (χ1) is 9.66. The number of amides is 2. The van der Waals surface area contributed by atoms with E-state index in [9.17, 15) is 9.59 Å².